The van der Waals surface area contributed by atoms with Crippen molar-refractivity contribution in [2.75, 3.05) is 0 Å². The van der Waals surface area contributed by atoms with E-state index in [1.807, 2.05) is 20.8 Å². The van der Waals surface area contributed by atoms with Crippen LogP contribution in [0.15, 0.2) is 0 Å². The van der Waals surface area contributed by atoms with E-state index >= 15 is 0 Å². The van der Waals surface area contributed by atoms with Gasteiger partial charge in [0.15, 0.2) is 0 Å². The summed E-state index contributed by atoms with van der Waals surface area (Å²) in [5.41, 5.74) is 5.78. The summed E-state index contributed by atoms with van der Waals surface area (Å²) >= 11 is 0. The van der Waals surface area contributed by atoms with Crippen LogP contribution in [-0.4, -0.2) is 29.4 Å². The molecule has 0 aromatic rings. The van der Waals surface area contributed by atoms with E-state index in [1.165, 1.54) is 0 Å². The molecule has 5 unspecified atom stereocenters. The Bertz CT molecular complexity index is 389. The van der Waals surface area contributed by atoms with Gasteiger partial charge in [-0.3, -0.25) is 9.59 Å². The molecule has 0 spiro atoms. The molecule has 0 heterocycles. The number of carbonyl (C=O) groups excluding carboxylic acids is 2. The minimum atomic E-state index is -0.528. The summed E-state index contributed by atoms with van der Waals surface area (Å²) in [4.78, 5) is 24.4. The van der Waals surface area contributed by atoms with E-state index in [4.69, 9.17) is 5.73 Å². The average molecular weight is 297 g/mol. The van der Waals surface area contributed by atoms with E-state index in [1.54, 1.807) is 6.92 Å². The van der Waals surface area contributed by atoms with Gasteiger partial charge in [0.1, 0.15) is 6.04 Å². The van der Waals surface area contributed by atoms with E-state index in [-0.39, 0.29) is 29.3 Å². The number of rotatable bonds is 3. The molecule has 0 bridgehead atoms. The maximum atomic E-state index is 12.4. The molecular weight excluding hydrogens is 266 g/mol. The summed E-state index contributed by atoms with van der Waals surface area (Å²) in [6, 6.07) is -0.463. The highest BCUT2D eigenvalue weighted by Gasteiger charge is 2.36. The smallest absolute Gasteiger partial charge is 0.242 e. The Balaban J connectivity index is 2.58. The molecule has 1 rings (SSSR count). The molecule has 0 radical (unpaired) electrons. The first kappa shape index (κ1) is 18.0. The van der Waals surface area contributed by atoms with Gasteiger partial charge >= 0.3 is 0 Å². The lowest BCUT2D eigenvalue weighted by molar-refractivity contribution is -0.133. The Hall–Kier alpha value is -1.10. The summed E-state index contributed by atoms with van der Waals surface area (Å²) in [6.07, 6.45) is 1.66. The Morgan fingerprint density at radius 1 is 1.14 bits per heavy atom. The Morgan fingerprint density at radius 2 is 1.71 bits per heavy atom. The summed E-state index contributed by atoms with van der Waals surface area (Å²) in [6.45, 7) is 11.7. The summed E-state index contributed by atoms with van der Waals surface area (Å²) < 4.78 is 0. The molecule has 0 aromatic heterocycles. The van der Waals surface area contributed by atoms with E-state index in [9.17, 15) is 9.59 Å². The lowest BCUT2D eigenvalue weighted by Crippen LogP contribution is -2.53. The van der Waals surface area contributed by atoms with Crippen molar-refractivity contribution in [1.29, 1.82) is 0 Å². The topological polar surface area (TPSA) is 84.2 Å². The molecule has 21 heavy (non-hydrogen) atoms. The van der Waals surface area contributed by atoms with Crippen molar-refractivity contribution in [3.05, 3.63) is 0 Å². The molecular formula is C16H31N3O2. The lowest BCUT2D eigenvalue weighted by Gasteiger charge is -2.36. The van der Waals surface area contributed by atoms with E-state index < -0.39 is 6.04 Å². The van der Waals surface area contributed by atoms with Crippen molar-refractivity contribution in [3.8, 4) is 0 Å². The molecule has 5 nitrogen and oxygen atoms in total. The third-order valence-corrected chi connectivity index (χ3v) is 4.27. The minimum Gasteiger partial charge on any atom is -0.350 e. The van der Waals surface area contributed by atoms with Gasteiger partial charge in [-0.25, -0.2) is 0 Å². The Labute approximate surface area is 128 Å². The molecule has 1 fully saturated rings. The van der Waals surface area contributed by atoms with E-state index in [0.29, 0.717) is 18.3 Å². The number of nitrogens with two attached hydrogens (primary N) is 1. The second-order valence-corrected chi connectivity index (χ2v) is 7.67. The first-order chi connectivity index (χ1) is 9.51. The van der Waals surface area contributed by atoms with Gasteiger partial charge in [0, 0.05) is 17.5 Å². The van der Waals surface area contributed by atoms with Gasteiger partial charge in [0.25, 0.3) is 0 Å². The summed E-state index contributed by atoms with van der Waals surface area (Å²) in [5.74, 6) is 0.447. The number of amides is 2. The maximum absolute atomic E-state index is 12.4. The predicted octanol–water partition coefficient (Wildman–Crippen LogP) is 1.42. The molecule has 5 atom stereocenters. The maximum Gasteiger partial charge on any atom is 0.242 e. The van der Waals surface area contributed by atoms with Crippen molar-refractivity contribution >= 4 is 11.8 Å². The molecule has 5 heteroatoms. The molecule has 1 aliphatic carbocycles. The van der Waals surface area contributed by atoms with Gasteiger partial charge in [0.2, 0.25) is 11.8 Å². The number of hydrogen-bond acceptors (Lipinski definition) is 3. The van der Waals surface area contributed by atoms with Crippen LogP contribution in [-0.2, 0) is 9.59 Å². The van der Waals surface area contributed by atoms with Gasteiger partial charge in [-0.2, -0.15) is 0 Å². The highest BCUT2D eigenvalue weighted by atomic mass is 16.2. The molecule has 1 aliphatic rings. The molecule has 0 saturated heterocycles. The zero-order chi connectivity index (χ0) is 16.4. The van der Waals surface area contributed by atoms with Crippen LogP contribution in [0.1, 0.15) is 54.4 Å². The van der Waals surface area contributed by atoms with Crippen LogP contribution in [0.2, 0.25) is 0 Å². The number of nitrogens with one attached hydrogen (secondary N) is 2. The summed E-state index contributed by atoms with van der Waals surface area (Å²) in [5, 5.41) is 5.71. The standard InChI is InChI=1S/C16H31N3O2/c1-9-7-10(2)13(17)8-12(9)15(21)18-11(3)14(20)19-16(4,5)6/h9-13H,7-8,17H2,1-6H3,(H,18,21)(H,19,20). The van der Waals surface area contributed by atoms with E-state index in [2.05, 4.69) is 24.5 Å². The van der Waals surface area contributed by atoms with Gasteiger partial charge in [-0.15, -0.1) is 0 Å². The monoisotopic (exact) mass is 297 g/mol. The second kappa shape index (κ2) is 6.77. The Kier molecular flexibility index (Phi) is 5.79. The highest BCUT2D eigenvalue weighted by Crippen LogP contribution is 2.32. The second-order valence-electron chi connectivity index (χ2n) is 7.67. The predicted molar refractivity (Wildman–Crippen MR) is 84.5 cm³/mol. The fourth-order valence-corrected chi connectivity index (χ4v) is 2.91. The third-order valence-electron chi connectivity index (χ3n) is 4.27. The lowest BCUT2D eigenvalue weighted by atomic mass is 9.72. The number of carbonyl (C=O) groups is 2. The van der Waals surface area contributed by atoms with E-state index in [0.717, 1.165) is 6.42 Å². The van der Waals surface area contributed by atoms with Crippen LogP contribution in [0.3, 0.4) is 0 Å². The highest BCUT2D eigenvalue weighted by molar-refractivity contribution is 5.88. The average Bonchev–Trinajstić information content (AvgIpc) is 2.31. The fourth-order valence-electron chi connectivity index (χ4n) is 2.91. The van der Waals surface area contributed by atoms with Crippen LogP contribution < -0.4 is 16.4 Å². The van der Waals surface area contributed by atoms with Crippen molar-refractivity contribution in [2.45, 2.75) is 72.0 Å². The first-order valence-corrected chi connectivity index (χ1v) is 7.89. The first-order valence-electron chi connectivity index (χ1n) is 7.89. The van der Waals surface area contributed by atoms with Gasteiger partial charge in [-0.05, 0) is 52.4 Å². The van der Waals surface area contributed by atoms with Crippen LogP contribution in [0.25, 0.3) is 0 Å². The molecule has 0 aromatic carbocycles. The largest absolute Gasteiger partial charge is 0.350 e. The quantitative estimate of drug-likeness (QED) is 0.736. The SMILES string of the molecule is CC(NC(=O)C1CC(N)C(C)CC1C)C(=O)NC(C)(C)C. The molecule has 1 saturated carbocycles. The minimum absolute atomic E-state index is 0.0543. The van der Waals surface area contributed by atoms with Crippen LogP contribution in [0, 0.1) is 17.8 Å². The molecule has 4 N–H and O–H groups in total. The van der Waals surface area contributed by atoms with Crippen molar-refractivity contribution in [2.24, 2.45) is 23.5 Å². The van der Waals surface area contributed by atoms with Crippen molar-refractivity contribution < 1.29 is 9.59 Å². The zero-order valence-electron chi connectivity index (χ0n) is 14.2. The third kappa shape index (κ3) is 5.30. The van der Waals surface area contributed by atoms with Crippen molar-refractivity contribution in [1.82, 2.24) is 10.6 Å². The van der Waals surface area contributed by atoms with Gasteiger partial charge < -0.3 is 16.4 Å². The van der Waals surface area contributed by atoms with Crippen LogP contribution >= 0.6 is 0 Å². The van der Waals surface area contributed by atoms with Crippen LogP contribution in [0.4, 0.5) is 0 Å². The summed E-state index contributed by atoms with van der Waals surface area (Å²) in [7, 11) is 0. The fraction of sp³-hybridized carbons (Fsp3) is 0.875. The van der Waals surface area contributed by atoms with Gasteiger partial charge in [-0.1, -0.05) is 13.8 Å². The van der Waals surface area contributed by atoms with Crippen molar-refractivity contribution in [3.63, 3.8) is 0 Å². The molecule has 122 valence electrons. The van der Waals surface area contributed by atoms with Crippen LogP contribution in [0.5, 0.6) is 0 Å². The normalized spacial score (nSPS) is 31.4. The molecule has 0 aliphatic heterocycles. The molecule has 2 amide bonds. The number of hydrogen-bond donors (Lipinski definition) is 3. The van der Waals surface area contributed by atoms with Gasteiger partial charge in [0.05, 0.1) is 0 Å². The zero-order valence-corrected chi connectivity index (χ0v) is 14.2. The Morgan fingerprint density at radius 3 is 2.24 bits per heavy atom.